The molecule has 4 rings (SSSR count). The van der Waals surface area contributed by atoms with Crippen LogP contribution < -0.4 is 16.6 Å². The van der Waals surface area contributed by atoms with Gasteiger partial charge in [-0.05, 0) is 48.7 Å². The van der Waals surface area contributed by atoms with Gasteiger partial charge in [-0.1, -0.05) is 41.9 Å². The van der Waals surface area contributed by atoms with E-state index in [-0.39, 0.29) is 16.9 Å². The van der Waals surface area contributed by atoms with Crippen LogP contribution in [0.15, 0.2) is 77.7 Å². The molecule has 150 valence electrons. The van der Waals surface area contributed by atoms with Gasteiger partial charge in [-0.25, -0.2) is 4.98 Å². The number of pyridine rings is 2. The van der Waals surface area contributed by atoms with Crippen molar-refractivity contribution in [2.75, 3.05) is 5.73 Å². The zero-order valence-electron chi connectivity index (χ0n) is 16.2. The minimum absolute atomic E-state index is 0.141. The molecule has 2 aromatic carbocycles. The summed E-state index contributed by atoms with van der Waals surface area (Å²) in [5.41, 5.74) is 7.35. The van der Waals surface area contributed by atoms with Crippen molar-refractivity contribution in [1.82, 2.24) is 14.9 Å². The number of amides is 1. The first kappa shape index (κ1) is 19.7. The van der Waals surface area contributed by atoms with Crippen LogP contribution in [0.4, 0.5) is 5.69 Å². The first-order valence-corrected chi connectivity index (χ1v) is 9.76. The monoisotopic (exact) mass is 418 g/mol. The number of aromatic nitrogens is 2. The van der Waals surface area contributed by atoms with Crippen LogP contribution in [0.2, 0.25) is 5.02 Å². The molecular formula is C23H19ClN4O2. The molecule has 1 atom stereocenters. The van der Waals surface area contributed by atoms with Crippen LogP contribution in [0.3, 0.4) is 0 Å². The predicted octanol–water partition coefficient (Wildman–Crippen LogP) is 4.11. The van der Waals surface area contributed by atoms with Crippen molar-refractivity contribution in [2.45, 2.75) is 13.0 Å². The zero-order chi connectivity index (χ0) is 21.3. The summed E-state index contributed by atoms with van der Waals surface area (Å²) >= 11 is 6.33. The standard InChI is InChI=1S/C23H19ClN4O2/c1-14(27-22(29)21-18(25)11-6-12-26-21)19-13-15-7-5-10-17(24)20(15)23(30)28(19)16-8-3-2-4-9-16/h2-14H,25H2,1H3,(H,27,29)/t14-/m0/s1. The first-order chi connectivity index (χ1) is 14.5. The molecule has 0 unspecified atom stereocenters. The summed E-state index contributed by atoms with van der Waals surface area (Å²) < 4.78 is 1.57. The number of nitrogens with zero attached hydrogens (tertiary/aromatic N) is 2. The summed E-state index contributed by atoms with van der Waals surface area (Å²) in [5, 5.41) is 4.41. The predicted molar refractivity (Wildman–Crippen MR) is 119 cm³/mol. The fourth-order valence-electron chi connectivity index (χ4n) is 3.45. The third kappa shape index (κ3) is 3.53. The molecular weight excluding hydrogens is 400 g/mol. The molecule has 1 amide bonds. The summed E-state index contributed by atoms with van der Waals surface area (Å²) in [5.74, 6) is -0.418. The lowest BCUT2D eigenvalue weighted by atomic mass is 10.1. The molecule has 6 nitrogen and oxygen atoms in total. The number of para-hydroxylation sites is 1. The molecule has 2 heterocycles. The van der Waals surface area contributed by atoms with Gasteiger partial charge in [-0.2, -0.15) is 0 Å². The van der Waals surface area contributed by atoms with E-state index in [1.54, 1.807) is 28.8 Å². The molecule has 0 aliphatic rings. The van der Waals surface area contributed by atoms with Crippen LogP contribution in [0, 0.1) is 0 Å². The number of hydrogen-bond acceptors (Lipinski definition) is 4. The highest BCUT2D eigenvalue weighted by Gasteiger charge is 2.20. The number of carbonyl (C=O) groups is 1. The minimum Gasteiger partial charge on any atom is -0.397 e. The van der Waals surface area contributed by atoms with E-state index in [9.17, 15) is 9.59 Å². The molecule has 0 aliphatic carbocycles. The summed E-state index contributed by atoms with van der Waals surface area (Å²) in [6, 6.07) is 19.2. The Morgan fingerprint density at radius 3 is 2.60 bits per heavy atom. The maximum atomic E-state index is 13.4. The molecule has 3 N–H and O–H groups in total. The van der Waals surface area contributed by atoms with Gasteiger partial charge in [0.05, 0.1) is 22.1 Å². The van der Waals surface area contributed by atoms with Crippen LogP contribution in [0.5, 0.6) is 0 Å². The Morgan fingerprint density at radius 2 is 1.87 bits per heavy atom. The van der Waals surface area contributed by atoms with Crippen molar-refractivity contribution in [3.63, 3.8) is 0 Å². The van der Waals surface area contributed by atoms with E-state index in [1.807, 2.05) is 49.4 Å². The first-order valence-electron chi connectivity index (χ1n) is 9.38. The van der Waals surface area contributed by atoms with Crippen LogP contribution in [0.1, 0.15) is 29.1 Å². The van der Waals surface area contributed by atoms with E-state index in [1.165, 1.54) is 6.20 Å². The highest BCUT2D eigenvalue weighted by Crippen LogP contribution is 2.25. The molecule has 30 heavy (non-hydrogen) atoms. The van der Waals surface area contributed by atoms with E-state index < -0.39 is 11.9 Å². The quantitative estimate of drug-likeness (QED) is 0.521. The molecule has 0 saturated heterocycles. The second-order valence-corrected chi connectivity index (χ2v) is 7.29. The number of nitrogens with two attached hydrogens (primary N) is 1. The molecule has 0 spiro atoms. The van der Waals surface area contributed by atoms with Gasteiger partial charge in [0, 0.05) is 17.6 Å². The van der Waals surface area contributed by atoms with Crippen molar-refractivity contribution in [3.05, 3.63) is 99.7 Å². The summed E-state index contributed by atoms with van der Waals surface area (Å²) in [6.45, 7) is 1.81. The molecule has 0 fully saturated rings. The third-order valence-electron chi connectivity index (χ3n) is 4.88. The van der Waals surface area contributed by atoms with Crippen molar-refractivity contribution in [3.8, 4) is 5.69 Å². The number of rotatable bonds is 4. The molecule has 0 saturated carbocycles. The van der Waals surface area contributed by atoms with Crippen LogP contribution in [-0.2, 0) is 0 Å². The van der Waals surface area contributed by atoms with Crippen molar-refractivity contribution in [2.24, 2.45) is 0 Å². The van der Waals surface area contributed by atoms with Crippen LogP contribution in [0.25, 0.3) is 16.5 Å². The lowest BCUT2D eigenvalue weighted by Gasteiger charge is -2.21. The van der Waals surface area contributed by atoms with Gasteiger partial charge in [-0.15, -0.1) is 0 Å². The fourth-order valence-corrected chi connectivity index (χ4v) is 3.71. The SMILES string of the molecule is C[C@H](NC(=O)c1ncccc1N)c1cc2cccc(Cl)c2c(=O)n1-c1ccccc1. The maximum Gasteiger partial charge on any atom is 0.272 e. The smallest absolute Gasteiger partial charge is 0.272 e. The number of fused-ring (bicyclic) bond motifs is 1. The maximum absolute atomic E-state index is 13.4. The van der Waals surface area contributed by atoms with Gasteiger partial charge in [0.15, 0.2) is 5.69 Å². The third-order valence-corrected chi connectivity index (χ3v) is 5.20. The van der Waals surface area contributed by atoms with Crippen molar-refractivity contribution in [1.29, 1.82) is 0 Å². The van der Waals surface area contributed by atoms with E-state index in [2.05, 4.69) is 10.3 Å². The van der Waals surface area contributed by atoms with E-state index >= 15 is 0 Å². The van der Waals surface area contributed by atoms with E-state index in [4.69, 9.17) is 17.3 Å². The second-order valence-electron chi connectivity index (χ2n) is 6.89. The Kier molecular flexibility index (Phi) is 5.25. The Labute approximate surface area is 177 Å². The molecule has 7 heteroatoms. The Morgan fingerprint density at radius 1 is 1.10 bits per heavy atom. The summed E-state index contributed by atoms with van der Waals surface area (Å²) in [6.07, 6.45) is 1.51. The summed E-state index contributed by atoms with van der Waals surface area (Å²) in [4.78, 5) is 30.2. The molecule has 2 aromatic heterocycles. The molecule has 0 radical (unpaired) electrons. The number of benzene rings is 2. The number of anilines is 1. The lowest BCUT2D eigenvalue weighted by molar-refractivity contribution is 0.0934. The van der Waals surface area contributed by atoms with E-state index in [0.29, 0.717) is 27.2 Å². The van der Waals surface area contributed by atoms with Crippen molar-refractivity contribution < 1.29 is 4.79 Å². The minimum atomic E-state index is -0.504. The number of carbonyl (C=O) groups excluding carboxylic acids is 1. The second kappa shape index (κ2) is 8.00. The highest BCUT2D eigenvalue weighted by atomic mass is 35.5. The van der Waals surface area contributed by atoms with Gasteiger partial charge >= 0.3 is 0 Å². The Hall–Kier alpha value is -3.64. The van der Waals surface area contributed by atoms with Crippen LogP contribution in [-0.4, -0.2) is 15.5 Å². The van der Waals surface area contributed by atoms with Gasteiger partial charge in [0.25, 0.3) is 11.5 Å². The molecule has 4 aromatic rings. The summed E-state index contributed by atoms with van der Waals surface area (Å²) in [7, 11) is 0. The lowest BCUT2D eigenvalue weighted by Crippen LogP contribution is -2.32. The van der Waals surface area contributed by atoms with Gasteiger partial charge < -0.3 is 11.1 Å². The fraction of sp³-hybridized carbons (Fsp3) is 0.0870. The zero-order valence-corrected chi connectivity index (χ0v) is 16.9. The topological polar surface area (TPSA) is 90.0 Å². The molecule has 0 aliphatic heterocycles. The Bertz CT molecular complexity index is 1300. The average molecular weight is 419 g/mol. The molecule has 0 bridgehead atoms. The number of halogens is 1. The highest BCUT2D eigenvalue weighted by molar-refractivity contribution is 6.35. The van der Waals surface area contributed by atoms with Gasteiger partial charge in [-0.3, -0.25) is 14.2 Å². The van der Waals surface area contributed by atoms with Gasteiger partial charge in [0.1, 0.15) is 0 Å². The van der Waals surface area contributed by atoms with Crippen molar-refractivity contribution >= 4 is 34.0 Å². The van der Waals surface area contributed by atoms with Crippen LogP contribution >= 0.6 is 11.6 Å². The largest absolute Gasteiger partial charge is 0.397 e. The normalized spacial score (nSPS) is 11.9. The van der Waals surface area contributed by atoms with Gasteiger partial charge in [0.2, 0.25) is 0 Å². The number of nitrogens with one attached hydrogen (secondary N) is 1. The average Bonchev–Trinajstić information content (AvgIpc) is 2.74. The number of hydrogen-bond donors (Lipinski definition) is 2. The van der Waals surface area contributed by atoms with E-state index in [0.717, 1.165) is 0 Å². The Balaban J connectivity index is 1.86. The number of nitrogen functional groups attached to an aromatic ring is 1.